The number of hydrogen-bond acceptors (Lipinski definition) is 7. The second-order valence-electron chi connectivity index (χ2n) is 8.72. The number of aromatic nitrogens is 2. The maximum atomic E-state index is 13.4. The molecular weight excluding hydrogens is 473 g/mol. The van der Waals surface area contributed by atoms with E-state index in [1.54, 1.807) is 13.0 Å². The molecule has 7 nitrogen and oxygen atoms in total. The molecule has 36 heavy (non-hydrogen) atoms. The fourth-order valence-corrected chi connectivity index (χ4v) is 4.34. The van der Waals surface area contributed by atoms with Gasteiger partial charge in [-0.3, -0.25) is 0 Å². The molecule has 2 aromatic heterocycles. The molecule has 3 N–H and O–H groups in total. The van der Waals surface area contributed by atoms with Crippen molar-refractivity contribution < 1.29 is 27.1 Å². The molecule has 4 aromatic rings. The smallest absolute Gasteiger partial charge is 0.416 e. The van der Waals surface area contributed by atoms with Crippen molar-refractivity contribution in [2.75, 3.05) is 24.3 Å². The van der Waals surface area contributed by atoms with Crippen molar-refractivity contribution in [2.45, 2.75) is 38.6 Å². The van der Waals surface area contributed by atoms with Gasteiger partial charge in [-0.1, -0.05) is 5.92 Å². The molecule has 0 bridgehead atoms. The Labute approximate surface area is 204 Å². The van der Waals surface area contributed by atoms with Crippen LogP contribution in [0.25, 0.3) is 21.9 Å². The summed E-state index contributed by atoms with van der Waals surface area (Å²) in [5.74, 6) is 4.48. The number of hydrogen-bond donors (Lipinski definition) is 2. The number of anilines is 2. The number of terminal acetylenes is 1. The fourth-order valence-electron chi connectivity index (χ4n) is 4.34. The Kier molecular flexibility index (Phi) is 5.88. The van der Waals surface area contributed by atoms with Crippen LogP contribution in [-0.2, 0) is 10.9 Å². The summed E-state index contributed by atoms with van der Waals surface area (Å²) in [5.41, 5.74) is 6.18. The van der Waals surface area contributed by atoms with Gasteiger partial charge in [0, 0.05) is 17.5 Å². The van der Waals surface area contributed by atoms with E-state index in [9.17, 15) is 13.2 Å². The number of nitrogens with zero attached hydrogens (tertiary/aromatic N) is 2. The molecule has 0 aliphatic carbocycles. The number of rotatable bonds is 5. The van der Waals surface area contributed by atoms with Crippen LogP contribution in [0.1, 0.15) is 35.2 Å². The third-order valence-electron chi connectivity index (χ3n) is 5.93. The van der Waals surface area contributed by atoms with Crippen molar-refractivity contribution >= 4 is 33.4 Å². The zero-order chi connectivity index (χ0) is 25.6. The normalized spacial score (nSPS) is 16.8. The van der Waals surface area contributed by atoms with Crippen LogP contribution in [0.15, 0.2) is 34.7 Å². The van der Waals surface area contributed by atoms with E-state index in [1.165, 1.54) is 6.07 Å². The number of halogens is 3. The van der Waals surface area contributed by atoms with Crippen molar-refractivity contribution in [2.24, 2.45) is 0 Å². The Bertz CT molecular complexity index is 1500. The van der Waals surface area contributed by atoms with Crippen LogP contribution in [-0.4, -0.2) is 29.3 Å². The predicted octanol–water partition coefficient (Wildman–Crippen LogP) is 5.55. The van der Waals surface area contributed by atoms with Gasteiger partial charge in [0.25, 0.3) is 0 Å². The van der Waals surface area contributed by atoms with Crippen LogP contribution < -0.4 is 15.8 Å². The zero-order valence-corrected chi connectivity index (χ0v) is 19.6. The number of furan rings is 1. The number of nitrogens with two attached hydrogens (primary N) is 1. The molecule has 3 heterocycles. The largest absolute Gasteiger partial charge is 0.484 e. The summed E-state index contributed by atoms with van der Waals surface area (Å²) >= 11 is 0. The van der Waals surface area contributed by atoms with Gasteiger partial charge in [0.05, 0.1) is 29.7 Å². The van der Waals surface area contributed by atoms with E-state index in [0.29, 0.717) is 52.9 Å². The van der Waals surface area contributed by atoms with Gasteiger partial charge in [-0.15, -0.1) is 6.42 Å². The monoisotopic (exact) mass is 496 g/mol. The molecule has 1 aliphatic heterocycles. The van der Waals surface area contributed by atoms with E-state index < -0.39 is 17.8 Å². The summed E-state index contributed by atoms with van der Waals surface area (Å²) in [4.78, 5) is 9.12. The topological polar surface area (TPSA) is 95.4 Å². The first kappa shape index (κ1) is 23.8. The van der Waals surface area contributed by atoms with E-state index in [-0.39, 0.29) is 17.4 Å². The van der Waals surface area contributed by atoms with Gasteiger partial charge < -0.3 is 24.9 Å². The molecule has 186 valence electrons. The quantitative estimate of drug-likeness (QED) is 0.276. The third-order valence-corrected chi connectivity index (χ3v) is 5.93. The van der Waals surface area contributed by atoms with Crippen molar-refractivity contribution in [1.29, 1.82) is 0 Å². The molecule has 0 unspecified atom stereocenters. The summed E-state index contributed by atoms with van der Waals surface area (Å²) in [6.45, 7) is 4.62. The van der Waals surface area contributed by atoms with Gasteiger partial charge in [-0.2, -0.15) is 13.2 Å². The number of aryl methyl sites for hydroxylation is 2. The van der Waals surface area contributed by atoms with Crippen molar-refractivity contribution in [3.8, 4) is 18.1 Å². The zero-order valence-electron chi connectivity index (χ0n) is 19.6. The highest BCUT2D eigenvalue weighted by atomic mass is 19.4. The maximum Gasteiger partial charge on any atom is 0.416 e. The number of nitrogens with one attached hydrogen (secondary N) is 1. The summed E-state index contributed by atoms with van der Waals surface area (Å²) in [6.07, 6.45) is 1.79. The van der Waals surface area contributed by atoms with Gasteiger partial charge in [0.1, 0.15) is 29.5 Å². The van der Waals surface area contributed by atoms with Gasteiger partial charge in [0.2, 0.25) is 0 Å². The molecular formula is C26H23F3N4O3. The second kappa shape index (κ2) is 8.91. The van der Waals surface area contributed by atoms with Gasteiger partial charge in [0.15, 0.2) is 11.3 Å². The summed E-state index contributed by atoms with van der Waals surface area (Å²) in [7, 11) is 0. The third kappa shape index (κ3) is 4.50. The van der Waals surface area contributed by atoms with Crippen LogP contribution in [0.2, 0.25) is 0 Å². The lowest BCUT2D eigenvalue weighted by atomic mass is 10.0. The molecule has 0 radical (unpaired) electrons. The Morgan fingerprint density at radius 1 is 1.17 bits per heavy atom. The first-order chi connectivity index (χ1) is 17.1. The average molecular weight is 496 g/mol. The average Bonchev–Trinajstić information content (AvgIpc) is 3.46. The van der Waals surface area contributed by atoms with Crippen LogP contribution in [0, 0.1) is 26.2 Å². The van der Waals surface area contributed by atoms with Crippen LogP contribution in [0.3, 0.4) is 0 Å². The molecule has 0 amide bonds. The Morgan fingerprint density at radius 3 is 2.67 bits per heavy atom. The molecule has 1 aliphatic rings. The predicted molar refractivity (Wildman–Crippen MR) is 130 cm³/mol. The molecule has 2 atom stereocenters. The highest BCUT2D eigenvalue weighted by Gasteiger charge is 2.32. The SMILES string of the molecule is C#C[C@@H](Nc1nc(C)nc2c1cc(O[C@H]1CCOC1)c1oc(C)cc12)c1cc(N)cc(C(F)(F)F)c1. The minimum atomic E-state index is -4.57. The lowest BCUT2D eigenvalue weighted by molar-refractivity contribution is -0.137. The molecule has 10 heteroatoms. The van der Waals surface area contributed by atoms with E-state index in [0.717, 1.165) is 23.9 Å². The molecule has 1 fully saturated rings. The minimum Gasteiger partial charge on any atom is -0.484 e. The van der Waals surface area contributed by atoms with Crippen molar-refractivity contribution in [3.05, 3.63) is 53.0 Å². The summed E-state index contributed by atoms with van der Waals surface area (Å²) in [6, 6.07) is 5.94. The fraction of sp³-hybridized carbons (Fsp3) is 0.308. The van der Waals surface area contributed by atoms with Crippen molar-refractivity contribution in [1.82, 2.24) is 9.97 Å². The maximum absolute atomic E-state index is 13.4. The first-order valence-electron chi connectivity index (χ1n) is 11.3. The van der Waals surface area contributed by atoms with Gasteiger partial charge >= 0.3 is 6.18 Å². The molecule has 1 saturated heterocycles. The molecule has 2 aromatic carbocycles. The lowest BCUT2D eigenvalue weighted by Crippen LogP contribution is -2.16. The van der Waals surface area contributed by atoms with Crippen LogP contribution >= 0.6 is 0 Å². The number of alkyl halides is 3. The minimum absolute atomic E-state index is 0.0457. The summed E-state index contributed by atoms with van der Waals surface area (Å²) < 4.78 is 57.7. The number of ether oxygens (including phenoxy) is 2. The first-order valence-corrected chi connectivity index (χ1v) is 11.3. The van der Waals surface area contributed by atoms with E-state index in [2.05, 4.69) is 21.2 Å². The van der Waals surface area contributed by atoms with Crippen LogP contribution in [0.5, 0.6) is 5.75 Å². The number of benzene rings is 2. The molecule has 5 rings (SSSR count). The Hall–Kier alpha value is -3.97. The molecule has 0 spiro atoms. The lowest BCUT2D eigenvalue weighted by Gasteiger charge is -2.19. The van der Waals surface area contributed by atoms with Crippen LogP contribution in [0.4, 0.5) is 24.7 Å². The van der Waals surface area contributed by atoms with E-state index >= 15 is 0 Å². The Morgan fingerprint density at radius 2 is 1.97 bits per heavy atom. The number of nitrogen functional groups attached to an aromatic ring is 1. The molecule has 0 saturated carbocycles. The van der Waals surface area contributed by atoms with Crippen molar-refractivity contribution in [3.63, 3.8) is 0 Å². The van der Waals surface area contributed by atoms with Gasteiger partial charge in [-0.25, -0.2) is 9.97 Å². The van der Waals surface area contributed by atoms with E-state index in [4.69, 9.17) is 26.0 Å². The standard InChI is InChI=1S/C26H23F3N4O3/c1-4-21(15-8-16(26(27,28)29)10-17(30)9-15)33-25-20-11-22(36-18-5-6-34-12-18)24-19(7-13(2)35-24)23(20)31-14(3)32-25/h1,7-11,18,21H,5-6,12,30H2,2-3H3,(H,31,32,33)/t18-,21+/m0/s1. The highest BCUT2D eigenvalue weighted by molar-refractivity contribution is 6.09. The van der Waals surface area contributed by atoms with E-state index in [1.807, 2.05) is 13.0 Å². The Balaban J connectivity index is 1.63. The van der Waals surface area contributed by atoms with Gasteiger partial charge in [-0.05, 0) is 49.7 Å². The highest BCUT2D eigenvalue weighted by Crippen LogP contribution is 2.39. The second-order valence-corrected chi connectivity index (χ2v) is 8.72. The summed E-state index contributed by atoms with van der Waals surface area (Å²) in [5, 5.41) is 4.42. The number of fused-ring (bicyclic) bond motifs is 3.